The van der Waals surface area contributed by atoms with Gasteiger partial charge in [-0.15, -0.1) is 0 Å². The number of carbonyl (C=O) groups is 2. The number of nitrogens with one attached hydrogen (secondary N) is 1. The summed E-state index contributed by atoms with van der Waals surface area (Å²) in [6.45, 7) is 2.23. The molecule has 0 unspecified atom stereocenters. The number of fused-ring (bicyclic) bond motifs is 2. The lowest BCUT2D eigenvalue weighted by Gasteiger charge is -2.29. The molecule has 0 radical (unpaired) electrons. The van der Waals surface area contributed by atoms with Crippen molar-refractivity contribution in [3.05, 3.63) is 41.7 Å². The normalized spacial score (nSPS) is 17.6. The molecule has 1 aromatic heterocycles. The molecule has 1 aromatic carbocycles. The van der Waals surface area contributed by atoms with Gasteiger partial charge in [-0.1, -0.05) is 12.1 Å². The molecule has 9 nitrogen and oxygen atoms in total. The SMILES string of the molecule is CN(C)C(=O)N1CCn2nc(CNC(=O)[C@@H]3COc4ccccc4O3)cc2C1. The third kappa shape index (κ3) is 3.60. The van der Waals surface area contributed by atoms with Crippen molar-refractivity contribution in [3.63, 3.8) is 0 Å². The number of hydrogen-bond acceptors (Lipinski definition) is 5. The minimum absolute atomic E-state index is 0.0166. The number of carbonyl (C=O) groups excluding carboxylic acids is 2. The second-order valence-corrected chi connectivity index (χ2v) is 7.03. The third-order valence-electron chi connectivity index (χ3n) is 4.75. The number of aromatic nitrogens is 2. The highest BCUT2D eigenvalue weighted by Crippen LogP contribution is 2.30. The molecule has 148 valence electrons. The van der Waals surface area contributed by atoms with Crippen LogP contribution in [-0.4, -0.2) is 64.9 Å². The monoisotopic (exact) mass is 385 g/mol. The molecule has 4 rings (SSSR count). The highest BCUT2D eigenvalue weighted by Gasteiger charge is 2.28. The van der Waals surface area contributed by atoms with Gasteiger partial charge in [0.1, 0.15) is 6.61 Å². The molecule has 1 atom stereocenters. The summed E-state index contributed by atoms with van der Waals surface area (Å²) in [5, 5.41) is 7.37. The van der Waals surface area contributed by atoms with Gasteiger partial charge in [-0.3, -0.25) is 9.48 Å². The lowest BCUT2D eigenvalue weighted by atomic mass is 10.2. The Morgan fingerprint density at radius 1 is 1.25 bits per heavy atom. The minimum Gasteiger partial charge on any atom is -0.485 e. The summed E-state index contributed by atoms with van der Waals surface area (Å²) in [5.41, 5.74) is 1.71. The van der Waals surface area contributed by atoms with Gasteiger partial charge >= 0.3 is 6.03 Å². The second kappa shape index (κ2) is 7.41. The topological polar surface area (TPSA) is 88.9 Å². The molecule has 2 aliphatic rings. The fourth-order valence-corrected chi connectivity index (χ4v) is 3.30. The van der Waals surface area contributed by atoms with E-state index in [-0.39, 0.29) is 18.5 Å². The van der Waals surface area contributed by atoms with Gasteiger partial charge in [0.2, 0.25) is 6.10 Å². The summed E-state index contributed by atoms with van der Waals surface area (Å²) < 4.78 is 13.2. The molecular weight excluding hydrogens is 362 g/mol. The summed E-state index contributed by atoms with van der Waals surface area (Å²) in [7, 11) is 3.48. The van der Waals surface area contributed by atoms with Crippen LogP contribution >= 0.6 is 0 Å². The lowest BCUT2D eigenvalue weighted by Crippen LogP contribution is -2.43. The molecule has 0 bridgehead atoms. The van der Waals surface area contributed by atoms with Gasteiger partial charge in [0.05, 0.1) is 31.0 Å². The highest BCUT2D eigenvalue weighted by atomic mass is 16.6. The fourth-order valence-electron chi connectivity index (χ4n) is 3.30. The largest absolute Gasteiger partial charge is 0.485 e. The summed E-state index contributed by atoms with van der Waals surface area (Å²) in [5.74, 6) is 0.965. The van der Waals surface area contributed by atoms with E-state index in [0.29, 0.717) is 37.7 Å². The predicted octanol–water partition coefficient (Wildman–Crippen LogP) is 0.837. The van der Waals surface area contributed by atoms with E-state index in [1.165, 1.54) is 0 Å². The van der Waals surface area contributed by atoms with Crippen molar-refractivity contribution in [1.82, 2.24) is 24.9 Å². The Bertz CT molecular complexity index is 894. The van der Waals surface area contributed by atoms with Crippen molar-refractivity contribution in [2.45, 2.75) is 25.7 Å². The first-order chi connectivity index (χ1) is 13.5. The van der Waals surface area contributed by atoms with Crippen LogP contribution in [-0.2, 0) is 24.4 Å². The van der Waals surface area contributed by atoms with Crippen molar-refractivity contribution in [1.29, 1.82) is 0 Å². The van der Waals surface area contributed by atoms with Crippen LogP contribution in [0.1, 0.15) is 11.4 Å². The molecule has 3 heterocycles. The van der Waals surface area contributed by atoms with Crippen LogP contribution in [0, 0.1) is 0 Å². The van der Waals surface area contributed by atoms with Crippen LogP contribution in [0.4, 0.5) is 4.79 Å². The quantitative estimate of drug-likeness (QED) is 0.846. The second-order valence-electron chi connectivity index (χ2n) is 7.03. The molecule has 0 saturated heterocycles. The zero-order valence-electron chi connectivity index (χ0n) is 15.9. The Balaban J connectivity index is 1.34. The van der Waals surface area contributed by atoms with Crippen LogP contribution in [0.5, 0.6) is 11.5 Å². The van der Waals surface area contributed by atoms with E-state index < -0.39 is 6.10 Å². The van der Waals surface area contributed by atoms with Crippen molar-refractivity contribution < 1.29 is 19.1 Å². The fraction of sp³-hybridized carbons (Fsp3) is 0.421. The Hall–Kier alpha value is -3.23. The highest BCUT2D eigenvalue weighted by molar-refractivity contribution is 5.81. The number of para-hydroxylation sites is 2. The number of nitrogens with zero attached hydrogens (tertiary/aromatic N) is 4. The maximum atomic E-state index is 12.4. The Kier molecular flexibility index (Phi) is 4.81. The van der Waals surface area contributed by atoms with Crippen molar-refractivity contribution in [2.75, 3.05) is 27.2 Å². The smallest absolute Gasteiger partial charge is 0.319 e. The predicted molar refractivity (Wildman–Crippen MR) is 99.9 cm³/mol. The van der Waals surface area contributed by atoms with Gasteiger partial charge in [0, 0.05) is 20.6 Å². The van der Waals surface area contributed by atoms with Gasteiger partial charge in [0.15, 0.2) is 11.5 Å². The van der Waals surface area contributed by atoms with E-state index in [4.69, 9.17) is 9.47 Å². The molecule has 9 heteroatoms. The van der Waals surface area contributed by atoms with E-state index in [2.05, 4.69) is 10.4 Å². The van der Waals surface area contributed by atoms with E-state index in [9.17, 15) is 9.59 Å². The molecule has 0 fully saturated rings. The molecule has 1 N–H and O–H groups in total. The van der Waals surface area contributed by atoms with Crippen LogP contribution < -0.4 is 14.8 Å². The summed E-state index contributed by atoms with van der Waals surface area (Å²) in [6.07, 6.45) is -0.694. The Morgan fingerprint density at radius 3 is 2.82 bits per heavy atom. The van der Waals surface area contributed by atoms with Crippen LogP contribution in [0.15, 0.2) is 30.3 Å². The van der Waals surface area contributed by atoms with Crippen molar-refractivity contribution in [2.24, 2.45) is 0 Å². The Labute approximate surface area is 162 Å². The first kappa shape index (κ1) is 18.1. The van der Waals surface area contributed by atoms with Crippen LogP contribution in [0.25, 0.3) is 0 Å². The van der Waals surface area contributed by atoms with E-state index in [0.717, 1.165) is 11.4 Å². The molecule has 2 aliphatic heterocycles. The maximum absolute atomic E-state index is 12.4. The molecule has 0 saturated carbocycles. The maximum Gasteiger partial charge on any atom is 0.319 e. The zero-order chi connectivity index (χ0) is 19.7. The van der Waals surface area contributed by atoms with Gasteiger partial charge in [-0.05, 0) is 18.2 Å². The summed E-state index contributed by atoms with van der Waals surface area (Å²) in [4.78, 5) is 27.9. The zero-order valence-corrected chi connectivity index (χ0v) is 15.9. The average Bonchev–Trinajstić information content (AvgIpc) is 3.13. The average molecular weight is 385 g/mol. The molecule has 28 heavy (non-hydrogen) atoms. The first-order valence-electron chi connectivity index (χ1n) is 9.19. The number of amides is 3. The molecule has 2 aromatic rings. The van der Waals surface area contributed by atoms with Gasteiger partial charge in [-0.2, -0.15) is 5.10 Å². The van der Waals surface area contributed by atoms with E-state index in [1.54, 1.807) is 30.0 Å². The van der Waals surface area contributed by atoms with Gasteiger partial charge in [0.25, 0.3) is 5.91 Å². The number of urea groups is 1. The van der Waals surface area contributed by atoms with Crippen LogP contribution in [0.3, 0.4) is 0 Å². The Morgan fingerprint density at radius 2 is 2.04 bits per heavy atom. The van der Waals surface area contributed by atoms with Gasteiger partial charge in [-0.25, -0.2) is 4.79 Å². The standard InChI is InChI=1S/C19H23N5O4/c1-22(2)19(26)23-7-8-24-14(11-23)9-13(21-24)10-20-18(25)17-12-27-15-5-3-4-6-16(15)28-17/h3-6,9,17H,7-8,10-12H2,1-2H3,(H,20,25)/t17-/m0/s1. The lowest BCUT2D eigenvalue weighted by molar-refractivity contribution is -0.130. The molecule has 0 aliphatic carbocycles. The molecule has 0 spiro atoms. The van der Waals surface area contributed by atoms with Crippen molar-refractivity contribution in [3.8, 4) is 11.5 Å². The molecular formula is C19H23N5O4. The summed E-state index contributed by atoms with van der Waals surface area (Å²) >= 11 is 0. The third-order valence-corrected chi connectivity index (χ3v) is 4.75. The van der Waals surface area contributed by atoms with E-state index in [1.807, 2.05) is 28.9 Å². The first-order valence-corrected chi connectivity index (χ1v) is 9.19. The van der Waals surface area contributed by atoms with E-state index >= 15 is 0 Å². The van der Waals surface area contributed by atoms with Gasteiger partial charge < -0.3 is 24.6 Å². The summed E-state index contributed by atoms with van der Waals surface area (Å²) in [6, 6.07) is 9.18. The molecule has 3 amide bonds. The number of ether oxygens (including phenoxy) is 2. The number of hydrogen-bond donors (Lipinski definition) is 1. The van der Waals surface area contributed by atoms with Crippen LogP contribution in [0.2, 0.25) is 0 Å². The minimum atomic E-state index is -0.694. The number of rotatable bonds is 3. The number of benzene rings is 1. The van der Waals surface area contributed by atoms with Crippen molar-refractivity contribution >= 4 is 11.9 Å².